The van der Waals surface area contributed by atoms with Crippen LogP contribution in [-0.2, 0) is 4.79 Å². The first kappa shape index (κ1) is 21.6. The van der Waals surface area contributed by atoms with Gasteiger partial charge in [0.05, 0.1) is 5.56 Å². The molecule has 2 fully saturated rings. The molecule has 1 heterocycles. The summed E-state index contributed by atoms with van der Waals surface area (Å²) >= 11 is 0. The van der Waals surface area contributed by atoms with Crippen molar-refractivity contribution in [3.63, 3.8) is 0 Å². The minimum atomic E-state index is -0.0592. The molecule has 160 valence electrons. The predicted octanol–water partition coefficient (Wildman–Crippen LogP) is 3.49. The van der Waals surface area contributed by atoms with Gasteiger partial charge in [-0.05, 0) is 57.0 Å². The van der Waals surface area contributed by atoms with E-state index in [-0.39, 0.29) is 17.7 Å². The first-order valence-corrected chi connectivity index (χ1v) is 11.3. The molecule has 29 heavy (non-hydrogen) atoms. The van der Waals surface area contributed by atoms with Crippen LogP contribution in [0.1, 0.15) is 62.7 Å². The van der Waals surface area contributed by atoms with Crippen LogP contribution in [0.3, 0.4) is 0 Å². The van der Waals surface area contributed by atoms with Crippen molar-refractivity contribution in [2.75, 3.05) is 49.5 Å². The molecule has 0 atom stereocenters. The molecule has 2 N–H and O–H groups in total. The number of amides is 2. The normalized spacial score (nSPS) is 17.1. The molecule has 1 saturated heterocycles. The molecule has 0 spiro atoms. The molecule has 1 aliphatic carbocycles. The summed E-state index contributed by atoms with van der Waals surface area (Å²) in [5.41, 5.74) is 2.36. The van der Waals surface area contributed by atoms with E-state index in [4.69, 9.17) is 0 Å². The number of nitrogens with zero attached hydrogens (tertiary/aromatic N) is 2. The maximum atomic E-state index is 13.0. The number of benzene rings is 1. The van der Waals surface area contributed by atoms with E-state index in [0.29, 0.717) is 12.1 Å². The molecule has 1 aliphatic heterocycles. The van der Waals surface area contributed by atoms with Crippen molar-refractivity contribution in [1.82, 2.24) is 10.2 Å². The van der Waals surface area contributed by atoms with Gasteiger partial charge >= 0.3 is 0 Å². The summed E-state index contributed by atoms with van der Waals surface area (Å²) < 4.78 is 0. The molecule has 6 heteroatoms. The van der Waals surface area contributed by atoms with Crippen molar-refractivity contribution in [1.29, 1.82) is 0 Å². The fraction of sp³-hybridized carbons (Fsp3) is 0.652. The molecular weight excluding hydrogens is 364 g/mol. The van der Waals surface area contributed by atoms with Gasteiger partial charge in [0.1, 0.15) is 0 Å². The van der Waals surface area contributed by atoms with Crippen molar-refractivity contribution in [2.45, 2.75) is 52.4 Å². The van der Waals surface area contributed by atoms with Gasteiger partial charge in [0.25, 0.3) is 5.91 Å². The van der Waals surface area contributed by atoms with Gasteiger partial charge in [-0.3, -0.25) is 9.59 Å². The Morgan fingerprint density at radius 3 is 2.41 bits per heavy atom. The van der Waals surface area contributed by atoms with Crippen LogP contribution in [0.2, 0.25) is 0 Å². The van der Waals surface area contributed by atoms with Crippen molar-refractivity contribution < 1.29 is 9.59 Å². The topological polar surface area (TPSA) is 64.7 Å². The minimum Gasteiger partial charge on any atom is -0.371 e. The van der Waals surface area contributed by atoms with Gasteiger partial charge < -0.3 is 20.4 Å². The third-order valence-corrected chi connectivity index (χ3v) is 6.29. The summed E-state index contributed by atoms with van der Waals surface area (Å²) in [7, 11) is 0. The molecule has 2 aliphatic rings. The second-order valence-corrected chi connectivity index (χ2v) is 8.18. The summed E-state index contributed by atoms with van der Waals surface area (Å²) in [6.07, 6.45) is 6.51. The summed E-state index contributed by atoms with van der Waals surface area (Å²) in [6, 6.07) is 5.79. The lowest BCUT2D eigenvalue weighted by Crippen LogP contribution is -2.35. The predicted molar refractivity (Wildman–Crippen MR) is 119 cm³/mol. The number of likely N-dealkylation sites (N-methyl/N-ethyl adjacent to an activating group) is 1. The summed E-state index contributed by atoms with van der Waals surface area (Å²) in [6.45, 7) is 9.65. The molecule has 0 radical (unpaired) electrons. The third kappa shape index (κ3) is 5.72. The van der Waals surface area contributed by atoms with Gasteiger partial charge in [0.2, 0.25) is 5.91 Å². The molecule has 1 aromatic rings. The number of carbonyl (C=O) groups excluding carboxylic acids is 2. The lowest BCUT2D eigenvalue weighted by Gasteiger charge is -2.23. The Labute approximate surface area is 175 Å². The average Bonchev–Trinajstić information content (AvgIpc) is 3.45. The molecule has 6 nitrogen and oxygen atoms in total. The molecule has 1 saturated carbocycles. The van der Waals surface area contributed by atoms with E-state index in [9.17, 15) is 9.59 Å². The molecular formula is C23H36N4O2. The van der Waals surface area contributed by atoms with Gasteiger partial charge in [-0.15, -0.1) is 0 Å². The molecule has 0 unspecified atom stereocenters. The summed E-state index contributed by atoms with van der Waals surface area (Å²) in [4.78, 5) is 30.1. The Morgan fingerprint density at radius 1 is 1.07 bits per heavy atom. The highest BCUT2D eigenvalue weighted by Gasteiger charge is 2.24. The lowest BCUT2D eigenvalue weighted by molar-refractivity contribution is -0.119. The van der Waals surface area contributed by atoms with Crippen molar-refractivity contribution in [3.05, 3.63) is 23.8 Å². The van der Waals surface area contributed by atoms with Crippen molar-refractivity contribution in [2.24, 2.45) is 5.92 Å². The quantitative estimate of drug-likeness (QED) is 0.666. The second-order valence-electron chi connectivity index (χ2n) is 8.18. The highest BCUT2D eigenvalue weighted by Crippen LogP contribution is 2.29. The fourth-order valence-electron chi connectivity index (χ4n) is 4.42. The Bertz CT molecular complexity index is 690. The molecule has 1 aromatic carbocycles. The van der Waals surface area contributed by atoms with E-state index in [0.717, 1.165) is 82.6 Å². The largest absolute Gasteiger partial charge is 0.371 e. The van der Waals surface area contributed by atoms with Gasteiger partial charge in [-0.2, -0.15) is 0 Å². The third-order valence-electron chi connectivity index (χ3n) is 6.29. The highest BCUT2D eigenvalue weighted by atomic mass is 16.2. The van der Waals surface area contributed by atoms with Gasteiger partial charge in [-0.25, -0.2) is 0 Å². The van der Waals surface area contributed by atoms with Crippen LogP contribution >= 0.6 is 0 Å². The van der Waals surface area contributed by atoms with Crippen LogP contribution in [0.15, 0.2) is 18.2 Å². The van der Waals surface area contributed by atoms with Crippen LogP contribution in [0, 0.1) is 5.92 Å². The number of carbonyl (C=O) groups is 2. The van der Waals surface area contributed by atoms with E-state index in [1.54, 1.807) is 0 Å². The standard InChI is InChI=1S/C23H36N4O2/c1-3-26(4-2)16-13-24-23(29)20-17-19(25-22(28)18-9-5-6-10-18)11-12-21(20)27-14-7-8-15-27/h11-12,17-18H,3-10,13-16H2,1-2H3,(H,24,29)(H,25,28). The highest BCUT2D eigenvalue weighted by molar-refractivity contribution is 6.02. The Morgan fingerprint density at radius 2 is 1.76 bits per heavy atom. The zero-order chi connectivity index (χ0) is 20.6. The van der Waals surface area contributed by atoms with Crippen LogP contribution in [-0.4, -0.2) is 56.0 Å². The first-order valence-electron chi connectivity index (χ1n) is 11.3. The van der Waals surface area contributed by atoms with Crippen molar-refractivity contribution >= 4 is 23.2 Å². The number of hydrogen-bond donors (Lipinski definition) is 2. The maximum absolute atomic E-state index is 13.0. The number of hydrogen-bond acceptors (Lipinski definition) is 4. The molecule has 0 bridgehead atoms. The number of rotatable bonds is 9. The van der Waals surface area contributed by atoms with Gasteiger partial charge in [-0.1, -0.05) is 26.7 Å². The second kappa shape index (κ2) is 10.6. The maximum Gasteiger partial charge on any atom is 0.253 e. The zero-order valence-electron chi connectivity index (χ0n) is 18.0. The van der Waals surface area contributed by atoms with E-state index >= 15 is 0 Å². The van der Waals surface area contributed by atoms with E-state index in [1.165, 1.54) is 0 Å². The summed E-state index contributed by atoms with van der Waals surface area (Å²) in [5, 5.41) is 6.12. The van der Waals surface area contributed by atoms with Crippen molar-refractivity contribution in [3.8, 4) is 0 Å². The van der Waals surface area contributed by atoms with Crippen LogP contribution < -0.4 is 15.5 Å². The molecule has 3 rings (SSSR count). The molecule has 0 aromatic heterocycles. The molecule has 2 amide bonds. The number of anilines is 2. The zero-order valence-corrected chi connectivity index (χ0v) is 18.0. The smallest absolute Gasteiger partial charge is 0.253 e. The first-order chi connectivity index (χ1) is 14.1. The Hall–Kier alpha value is -2.08. The summed E-state index contributed by atoms with van der Waals surface area (Å²) in [5.74, 6) is 0.139. The van der Waals surface area contributed by atoms with Crippen LogP contribution in [0.5, 0.6) is 0 Å². The number of nitrogens with one attached hydrogen (secondary N) is 2. The fourth-order valence-corrected chi connectivity index (χ4v) is 4.42. The Kier molecular flexibility index (Phi) is 7.92. The van der Waals surface area contributed by atoms with Crippen LogP contribution in [0.25, 0.3) is 0 Å². The van der Waals surface area contributed by atoms with E-state index in [2.05, 4.69) is 34.3 Å². The monoisotopic (exact) mass is 400 g/mol. The minimum absolute atomic E-state index is 0.0592. The lowest BCUT2D eigenvalue weighted by atomic mass is 10.1. The van der Waals surface area contributed by atoms with E-state index in [1.807, 2.05) is 18.2 Å². The van der Waals surface area contributed by atoms with Gasteiger partial charge in [0.15, 0.2) is 0 Å². The average molecular weight is 401 g/mol. The van der Waals surface area contributed by atoms with Crippen LogP contribution in [0.4, 0.5) is 11.4 Å². The Balaban J connectivity index is 1.71. The SMILES string of the molecule is CCN(CC)CCNC(=O)c1cc(NC(=O)C2CCCC2)ccc1N1CCCC1. The van der Waals surface area contributed by atoms with E-state index < -0.39 is 0 Å². The van der Waals surface area contributed by atoms with Gasteiger partial charge in [0, 0.05) is 43.5 Å².